The van der Waals surface area contributed by atoms with E-state index in [2.05, 4.69) is 65.6 Å². The molecule has 1 heterocycles. The lowest BCUT2D eigenvalue weighted by Crippen LogP contribution is -2.49. The van der Waals surface area contributed by atoms with Gasteiger partial charge in [-0.2, -0.15) is 0 Å². The average Bonchev–Trinajstić information content (AvgIpc) is 2.46. The molecule has 2 rings (SSSR count). The predicted molar refractivity (Wildman–Crippen MR) is 97.4 cm³/mol. The lowest BCUT2D eigenvalue weighted by Gasteiger charge is -2.40. The van der Waals surface area contributed by atoms with Crippen LogP contribution in [0.4, 0.5) is 0 Å². The molecular weight excluding hydrogens is 284 g/mol. The van der Waals surface area contributed by atoms with Gasteiger partial charge in [0.25, 0.3) is 0 Å². The van der Waals surface area contributed by atoms with E-state index in [1.807, 2.05) is 0 Å². The first-order valence-corrected chi connectivity index (χ1v) is 9.03. The minimum absolute atomic E-state index is 0.365. The SMILES string of the molecule is C[N+](C)(C)CCOC(Cc1ccccc1)C1CC[N+](C)(C)CC1. The third kappa shape index (κ3) is 6.62. The van der Waals surface area contributed by atoms with E-state index in [1.54, 1.807) is 0 Å². The van der Waals surface area contributed by atoms with E-state index in [-0.39, 0.29) is 0 Å². The van der Waals surface area contributed by atoms with Crippen LogP contribution in [0.25, 0.3) is 0 Å². The number of hydrogen-bond donors (Lipinski definition) is 0. The van der Waals surface area contributed by atoms with E-state index >= 15 is 0 Å². The van der Waals surface area contributed by atoms with Crippen LogP contribution in [0.15, 0.2) is 30.3 Å². The van der Waals surface area contributed by atoms with Crippen LogP contribution in [0.3, 0.4) is 0 Å². The number of benzene rings is 1. The quantitative estimate of drug-likeness (QED) is 0.702. The molecule has 1 fully saturated rings. The van der Waals surface area contributed by atoms with Crippen molar-refractivity contribution in [3.8, 4) is 0 Å². The van der Waals surface area contributed by atoms with Crippen molar-refractivity contribution in [3.63, 3.8) is 0 Å². The highest BCUT2D eigenvalue weighted by Gasteiger charge is 2.32. The van der Waals surface area contributed by atoms with Crippen molar-refractivity contribution < 1.29 is 13.7 Å². The molecule has 130 valence electrons. The molecule has 0 bridgehead atoms. The summed E-state index contributed by atoms with van der Waals surface area (Å²) in [5, 5.41) is 0. The van der Waals surface area contributed by atoms with E-state index in [0.717, 1.165) is 28.5 Å². The summed E-state index contributed by atoms with van der Waals surface area (Å²) >= 11 is 0. The Kier molecular flexibility index (Phi) is 6.24. The van der Waals surface area contributed by atoms with E-state index in [0.29, 0.717) is 12.0 Å². The van der Waals surface area contributed by atoms with E-state index < -0.39 is 0 Å². The number of likely N-dealkylation sites (N-methyl/N-ethyl adjacent to an activating group) is 1. The second-order valence-electron chi connectivity index (χ2n) is 8.83. The molecule has 1 aromatic carbocycles. The molecule has 1 unspecified atom stereocenters. The van der Waals surface area contributed by atoms with Gasteiger partial charge in [-0.1, -0.05) is 30.3 Å². The van der Waals surface area contributed by atoms with Crippen LogP contribution >= 0.6 is 0 Å². The Morgan fingerprint density at radius 3 is 2.26 bits per heavy atom. The smallest absolute Gasteiger partial charge is 0.102 e. The largest absolute Gasteiger partial charge is 0.372 e. The minimum Gasteiger partial charge on any atom is -0.372 e. The second kappa shape index (κ2) is 7.78. The molecule has 0 spiro atoms. The van der Waals surface area contributed by atoms with Crippen LogP contribution in [0.1, 0.15) is 18.4 Å². The Labute approximate surface area is 143 Å². The maximum Gasteiger partial charge on any atom is 0.102 e. The van der Waals surface area contributed by atoms with Crippen molar-refractivity contribution in [2.24, 2.45) is 5.92 Å². The van der Waals surface area contributed by atoms with Gasteiger partial charge in [0.05, 0.1) is 61.0 Å². The number of likely N-dealkylation sites (tertiary alicyclic amines) is 1. The van der Waals surface area contributed by atoms with Gasteiger partial charge in [-0.25, -0.2) is 0 Å². The molecule has 1 aliphatic rings. The highest BCUT2D eigenvalue weighted by Crippen LogP contribution is 2.27. The van der Waals surface area contributed by atoms with Crippen LogP contribution in [-0.2, 0) is 11.2 Å². The lowest BCUT2D eigenvalue weighted by atomic mass is 9.87. The van der Waals surface area contributed by atoms with Crippen LogP contribution in [0.2, 0.25) is 0 Å². The van der Waals surface area contributed by atoms with Crippen molar-refractivity contribution in [1.82, 2.24) is 0 Å². The average molecular weight is 321 g/mol. The molecule has 0 amide bonds. The van der Waals surface area contributed by atoms with Gasteiger partial charge in [0.15, 0.2) is 0 Å². The molecule has 0 radical (unpaired) electrons. The maximum absolute atomic E-state index is 6.41. The van der Waals surface area contributed by atoms with E-state index in [1.165, 1.54) is 31.5 Å². The Bertz CT molecular complexity index is 454. The summed E-state index contributed by atoms with van der Waals surface area (Å²) in [5.41, 5.74) is 1.40. The van der Waals surface area contributed by atoms with Gasteiger partial charge in [-0.15, -0.1) is 0 Å². The van der Waals surface area contributed by atoms with Crippen molar-refractivity contribution >= 4 is 0 Å². The second-order valence-corrected chi connectivity index (χ2v) is 8.83. The summed E-state index contributed by atoms with van der Waals surface area (Å²) in [7, 11) is 11.4. The van der Waals surface area contributed by atoms with Gasteiger partial charge >= 0.3 is 0 Å². The number of hydrogen-bond acceptors (Lipinski definition) is 1. The Balaban J connectivity index is 1.96. The van der Waals surface area contributed by atoms with Crippen molar-refractivity contribution in [2.75, 3.05) is 61.5 Å². The highest BCUT2D eigenvalue weighted by atomic mass is 16.5. The zero-order valence-corrected chi connectivity index (χ0v) is 15.8. The third-order valence-corrected chi connectivity index (χ3v) is 5.11. The number of nitrogens with zero attached hydrogens (tertiary/aromatic N) is 2. The first-order chi connectivity index (χ1) is 10.8. The molecule has 1 aliphatic heterocycles. The highest BCUT2D eigenvalue weighted by molar-refractivity contribution is 5.15. The Morgan fingerprint density at radius 1 is 1.09 bits per heavy atom. The van der Waals surface area contributed by atoms with Gasteiger partial charge < -0.3 is 13.7 Å². The maximum atomic E-state index is 6.41. The monoisotopic (exact) mass is 320 g/mol. The zero-order valence-electron chi connectivity index (χ0n) is 15.8. The summed E-state index contributed by atoms with van der Waals surface area (Å²) in [6.07, 6.45) is 3.99. The summed E-state index contributed by atoms with van der Waals surface area (Å²) in [6, 6.07) is 10.8. The lowest BCUT2D eigenvalue weighted by molar-refractivity contribution is -0.896. The fourth-order valence-corrected chi connectivity index (χ4v) is 3.34. The van der Waals surface area contributed by atoms with Crippen LogP contribution < -0.4 is 0 Å². The van der Waals surface area contributed by atoms with Crippen molar-refractivity contribution in [3.05, 3.63) is 35.9 Å². The molecule has 3 nitrogen and oxygen atoms in total. The number of rotatable bonds is 7. The predicted octanol–water partition coefficient (Wildman–Crippen LogP) is 2.81. The molecule has 0 aromatic heterocycles. The van der Waals surface area contributed by atoms with Gasteiger partial charge in [0.1, 0.15) is 6.54 Å². The molecule has 1 atom stereocenters. The van der Waals surface area contributed by atoms with Gasteiger partial charge in [-0.3, -0.25) is 0 Å². The zero-order chi connectivity index (χ0) is 16.9. The fraction of sp³-hybridized carbons (Fsp3) is 0.700. The third-order valence-electron chi connectivity index (χ3n) is 5.11. The first-order valence-electron chi connectivity index (χ1n) is 9.03. The molecule has 1 aromatic rings. The number of piperidine rings is 1. The van der Waals surface area contributed by atoms with Gasteiger partial charge in [0, 0.05) is 12.8 Å². The van der Waals surface area contributed by atoms with Crippen LogP contribution in [0, 0.1) is 5.92 Å². The molecule has 1 saturated heterocycles. The topological polar surface area (TPSA) is 9.23 Å². The number of ether oxygens (including phenoxy) is 1. The summed E-state index contributed by atoms with van der Waals surface area (Å²) < 4.78 is 8.53. The fourth-order valence-electron chi connectivity index (χ4n) is 3.34. The Morgan fingerprint density at radius 2 is 1.70 bits per heavy atom. The van der Waals surface area contributed by atoms with E-state index in [4.69, 9.17) is 4.74 Å². The van der Waals surface area contributed by atoms with Gasteiger partial charge in [-0.05, 0) is 17.9 Å². The molecular formula is C20H36N2O+2. The van der Waals surface area contributed by atoms with Crippen LogP contribution in [0.5, 0.6) is 0 Å². The first kappa shape index (κ1) is 18.4. The molecule has 23 heavy (non-hydrogen) atoms. The normalized spacial score (nSPS) is 20.4. The van der Waals surface area contributed by atoms with Crippen molar-refractivity contribution in [1.29, 1.82) is 0 Å². The van der Waals surface area contributed by atoms with E-state index in [9.17, 15) is 0 Å². The van der Waals surface area contributed by atoms with Crippen molar-refractivity contribution in [2.45, 2.75) is 25.4 Å². The minimum atomic E-state index is 0.365. The molecule has 0 saturated carbocycles. The standard InChI is InChI=1S/C20H36N2O/c1-21(2,3)15-16-23-20(17-18-9-7-6-8-10-18)19-11-13-22(4,5)14-12-19/h6-10,19-20H,11-17H2,1-5H3/q+2. The van der Waals surface area contributed by atoms with Crippen LogP contribution in [-0.4, -0.2) is 76.5 Å². The Hall–Kier alpha value is -0.900. The molecule has 3 heteroatoms. The molecule has 0 aliphatic carbocycles. The summed E-state index contributed by atoms with van der Waals surface area (Å²) in [6.45, 7) is 4.47. The number of quaternary nitrogens is 2. The summed E-state index contributed by atoms with van der Waals surface area (Å²) in [4.78, 5) is 0. The van der Waals surface area contributed by atoms with Gasteiger partial charge in [0.2, 0.25) is 0 Å². The molecule has 0 N–H and O–H groups in total. The summed E-state index contributed by atoms with van der Waals surface area (Å²) in [5.74, 6) is 0.703.